The number of nitrogens with one attached hydrogen (secondary N) is 1. The Kier molecular flexibility index (Phi) is 7.67. The van der Waals surface area contributed by atoms with Crippen molar-refractivity contribution in [2.24, 2.45) is 10.9 Å². The van der Waals surface area contributed by atoms with Gasteiger partial charge in [0.05, 0.1) is 12.6 Å². The van der Waals surface area contributed by atoms with Gasteiger partial charge in [-0.25, -0.2) is 0 Å². The summed E-state index contributed by atoms with van der Waals surface area (Å²) in [6.45, 7) is 1.69. The number of carboxylic acid groups (broad SMARTS) is 1. The number of rotatable bonds is 9. The lowest BCUT2D eigenvalue weighted by molar-refractivity contribution is -0.137. The summed E-state index contributed by atoms with van der Waals surface area (Å²) < 4.78 is 0. The molecular formula is C16H23N3O3. The molecule has 1 amide bonds. The van der Waals surface area contributed by atoms with Crippen molar-refractivity contribution < 1.29 is 14.7 Å². The molecule has 1 aromatic carbocycles. The first-order chi connectivity index (χ1) is 10.5. The minimum absolute atomic E-state index is 0.0543. The summed E-state index contributed by atoms with van der Waals surface area (Å²) in [7, 11) is 0. The number of hydrogen-bond donors (Lipinski definition) is 3. The summed E-state index contributed by atoms with van der Waals surface area (Å²) in [5.74, 6) is 4.12. The van der Waals surface area contributed by atoms with Gasteiger partial charge in [-0.2, -0.15) is 5.10 Å². The number of aryl methyl sites for hydroxylation is 1. The van der Waals surface area contributed by atoms with Gasteiger partial charge in [0.25, 0.3) is 0 Å². The lowest BCUT2D eigenvalue weighted by Crippen LogP contribution is -2.33. The van der Waals surface area contributed by atoms with E-state index in [0.29, 0.717) is 6.42 Å². The van der Waals surface area contributed by atoms with Crippen molar-refractivity contribution in [3.8, 4) is 0 Å². The smallest absolute Gasteiger partial charge is 0.305 e. The van der Waals surface area contributed by atoms with Gasteiger partial charge in [-0.1, -0.05) is 24.3 Å². The number of nitrogens with two attached hydrogens (primary N) is 1. The molecule has 0 fully saturated rings. The number of carbonyl (C=O) groups is 2. The number of carbonyl (C=O) groups excluding carboxylic acids is 1. The number of amides is 1. The molecule has 0 aliphatic carbocycles. The molecule has 6 nitrogen and oxygen atoms in total. The van der Waals surface area contributed by atoms with Gasteiger partial charge >= 0.3 is 5.97 Å². The zero-order valence-electron chi connectivity index (χ0n) is 12.8. The van der Waals surface area contributed by atoms with E-state index in [-0.39, 0.29) is 18.4 Å². The Morgan fingerprint density at radius 2 is 2.18 bits per heavy atom. The van der Waals surface area contributed by atoms with E-state index in [0.717, 1.165) is 24.8 Å². The van der Waals surface area contributed by atoms with Crippen LogP contribution in [0.3, 0.4) is 0 Å². The number of hydrogen-bond acceptors (Lipinski definition) is 4. The lowest BCUT2D eigenvalue weighted by Gasteiger charge is -2.11. The molecule has 0 aliphatic rings. The molecule has 0 saturated heterocycles. The molecule has 4 N–H and O–H groups in total. The highest BCUT2D eigenvalue weighted by Crippen LogP contribution is 2.09. The Hall–Kier alpha value is -2.37. The molecule has 1 rings (SSSR count). The molecule has 0 spiro atoms. The van der Waals surface area contributed by atoms with Gasteiger partial charge in [0, 0.05) is 12.5 Å². The van der Waals surface area contributed by atoms with Crippen LogP contribution in [-0.2, 0) is 16.0 Å². The maximum atomic E-state index is 11.7. The predicted molar refractivity (Wildman–Crippen MR) is 85.6 cm³/mol. The van der Waals surface area contributed by atoms with E-state index in [1.165, 1.54) is 5.56 Å². The third-order valence-electron chi connectivity index (χ3n) is 3.18. The highest BCUT2D eigenvalue weighted by molar-refractivity contribution is 5.79. The molecule has 0 aromatic heterocycles. The van der Waals surface area contributed by atoms with Gasteiger partial charge in [-0.3, -0.25) is 9.59 Å². The molecule has 0 heterocycles. The standard InChI is InChI=1S/C16H23N3O3/c1-12(9-16(21)22)19-15(20)8-3-2-5-13-6-4-7-14(10-13)11-18-17/h4,6-7,10-12H,2-3,5,8-9,17H2,1H3,(H,19,20)(H,21,22). The number of carboxylic acids is 1. The van der Waals surface area contributed by atoms with Crippen LogP contribution in [0.15, 0.2) is 29.4 Å². The highest BCUT2D eigenvalue weighted by Gasteiger charge is 2.10. The molecule has 22 heavy (non-hydrogen) atoms. The second-order valence-corrected chi connectivity index (χ2v) is 5.30. The van der Waals surface area contributed by atoms with Crippen molar-refractivity contribution in [2.75, 3.05) is 0 Å². The molecule has 1 atom stereocenters. The van der Waals surface area contributed by atoms with Crippen LogP contribution in [0, 0.1) is 0 Å². The van der Waals surface area contributed by atoms with Crippen LogP contribution in [0.5, 0.6) is 0 Å². The average molecular weight is 305 g/mol. The van der Waals surface area contributed by atoms with Crippen molar-refractivity contribution >= 4 is 18.1 Å². The first kappa shape index (κ1) is 17.7. The topological polar surface area (TPSA) is 105 Å². The molecule has 0 bridgehead atoms. The second-order valence-electron chi connectivity index (χ2n) is 5.30. The molecule has 120 valence electrons. The molecule has 0 radical (unpaired) electrons. The highest BCUT2D eigenvalue weighted by atomic mass is 16.4. The van der Waals surface area contributed by atoms with E-state index < -0.39 is 5.97 Å². The monoisotopic (exact) mass is 305 g/mol. The number of aliphatic carboxylic acids is 1. The van der Waals surface area contributed by atoms with Gasteiger partial charge in [0.2, 0.25) is 5.91 Å². The van der Waals surface area contributed by atoms with Crippen LogP contribution < -0.4 is 11.2 Å². The average Bonchev–Trinajstić information content (AvgIpc) is 2.43. The third kappa shape index (κ3) is 7.42. The summed E-state index contributed by atoms with van der Waals surface area (Å²) in [4.78, 5) is 22.2. The van der Waals surface area contributed by atoms with Crippen molar-refractivity contribution in [2.45, 2.75) is 45.1 Å². The van der Waals surface area contributed by atoms with Crippen molar-refractivity contribution in [3.05, 3.63) is 35.4 Å². The fraction of sp³-hybridized carbons (Fsp3) is 0.438. The van der Waals surface area contributed by atoms with Crippen LogP contribution in [0.1, 0.15) is 43.7 Å². The Bertz CT molecular complexity index is 529. The summed E-state index contributed by atoms with van der Waals surface area (Å²) >= 11 is 0. The number of unbranched alkanes of at least 4 members (excludes halogenated alkanes) is 1. The van der Waals surface area contributed by atoms with Gasteiger partial charge in [-0.15, -0.1) is 0 Å². The van der Waals surface area contributed by atoms with Crippen LogP contribution in [-0.4, -0.2) is 29.2 Å². The number of nitrogens with zero attached hydrogens (tertiary/aromatic N) is 1. The van der Waals surface area contributed by atoms with E-state index in [2.05, 4.69) is 10.4 Å². The summed E-state index contributed by atoms with van der Waals surface area (Å²) in [5, 5.41) is 14.8. The maximum Gasteiger partial charge on any atom is 0.305 e. The Balaban J connectivity index is 2.26. The van der Waals surface area contributed by atoms with Crippen LogP contribution in [0.25, 0.3) is 0 Å². The van der Waals surface area contributed by atoms with E-state index >= 15 is 0 Å². The molecule has 1 unspecified atom stereocenters. The largest absolute Gasteiger partial charge is 0.481 e. The fourth-order valence-electron chi connectivity index (χ4n) is 2.19. The van der Waals surface area contributed by atoms with Gasteiger partial charge < -0.3 is 16.3 Å². The molecule has 0 aliphatic heterocycles. The quantitative estimate of drug-likeness (QED) is 0.279. The van der Waals surface area contributed by atoms with Gasteiger partial charge in [0.1, 0.15) is 0 Å². The van der Waals surface area contributed by atoms with Crippen molar-refractivity contribution in [1.82, 2.24) is 5.32 Å². The van der Waals surface area contributed by atoms with E-state index in [9.17, 15) is 9.59 Å². The third-order valence-corrected chi connectivity index (χ3v) is 3.18. The molecular weight excluding hydrogens is 282 g/mol. The summed E-state index contributed by atoms with van der Waals surface area (Å²) in [6, 6.07) is 7.59. The summed E-state index contributed by atoms with van der Waals surface area (Å²) in [5.41, 5.74) is 2.14. The van der Waals surface area contributed by atoms with E-state index in [1.54, 1.807) is 13.1 Å². The lowest BCUT2D eigenvalue weighted by atomic mass is 10.0. The Morgan fingerprint density at radius 3 is 2.86 bits per heavy atom. The Labute approximate surface area is 130 Å². The fourth-order valence-corrected chi connectivity index (χ4v) is 2.19. The summed E-state index contributed by atoms with van der Waals surface area (Å²) in [6.07, 6.45) is 4.49. The van der Waals surface area contributed by atoms with Crippen LogP contribution in [0.2, 0.25) is 0 Å². The number of hydrazone groups is 1. The normalized spacial score (nSPS) is 12.2. The predicted octanol–water partition coefficient (Wildman–Crippen LogP) is 1.67. The Morgan fingerprint density at radius 1 is 1.41 bits per heavy atom. The minimum atomic E-state index is -0.909. The van der Waals surface area contributed by atoms with E-state index in [4.69, 9.17) is 10.9 Å². The zero-order chi connectivity index (χ0) is 16.4. The van der Waals surface area contributed by atoms with Crippen LogP contribution in [0.4, 0.5) is 0 Å². The van der Waals surface area contributed by atoms with Crippen molar-refractivity contribution in [3.63, 3.8) is 0 Å². The van der Waals surface area contributed by atoms with Gasteiger partial charge in [0.15, 0.2) is 0 Å². The molecule has 1 aromatic rings. The minimum Gasteiger partial charge on any atom is -0.481 e. The first-order valence-electron chi connectivity index (χ1n) is 7.34. The maximum absolute atomic E-state index is 11.7. The van der Waals surface area contributed by atoms with E-state index in [1.807, 2.05) is 24.3 Å². The van der Waals surface area contributed by atoms with Gasteiger partial charge in [-0.05, 0) is 37.3 Å². The number of benzene rings is 1. The second kappa shape index (κ2) is 9.55. The first-order valence-corrected chi connectivity index (χ1v) is 7.34. The van der Waals surface area contributed by atoms with Crippen LogP contribution >= 0.6 is 0 Å². The molecule has 6 heteroatoms. The zero-order valence-corrected chi connectivity index (χ0v) is 12.8. The molecule has 0 saturated carbocycles. The van der Waals surface area contributed by atoms with Crippen molar-refractivity contribution in [1.29, 1.82) is 0 Å². The SMILES string of the molecule is CC(CC(=O)O)NC(=O)CCCCc1cccc(C=NN)c1.